The first-order chi connectivity index (χ1) is 8.83. The summed E-state index contributed by atoms with van der Waals surface area (Å²) in [5.41, 5.74) is 1.15. The standard InChI is InChI=1S/C19H38/c1-7-9-13-18(3,4)16-11-12-17(15-16)19(5,6)14-10-8-2/h16-17H,7-15H2,1-6H3. The fourth-order valence-corrected chi connectivity index (χ4v) is 4.07. The van der Waals surface area contributed by atoms with Crippen LogP contribution in [0.2, 0.25) is 0 Å². The zero-order valence-electron chi connectivity index (χ0n) is 14.5. The summed E-state index contributed by atoms with van der Waals surface area (Å²) in [5, 5.41) is 0. The number of rotatable bonds is 8. The van der Waals surface area contributed by atoms with Crippen LogP contribution in [-0.2, 0) is 0 Å². The average molecular weight is 267 g/mol. The van der Waals surface area contributed by atoms with Crippen LogP contribution in [0.15, 0.2) is 0 Å². The molecule has 0 radical (unpaired) electrons. The summed E-state index contributed by atoms with van der Waals surface area (Å²) in [6, 6.07) is 0. The van der Waals surface area contributed by atoms with Crippen LogP contribution in [0.5, 0.6) is 0 Å². The van der Waals surface area contributed by atoms with Crippen molar-refractivity contribution in [3.05, 3.63) is 0 Å². The van der Waals surface area contributed by atoms with Crippen molar-refractivity contribution < 1.29 is 0 Å². The van der Waals surface area contributed by atoms with Gasteiger partial charge in [-0.05, 0) is 54.8 Å². The number of hydrogen-bond donors (Lipinski definition) is 0. The van der Waals surface area contributed by atoms with E-state index in [-0.39, 0.29) is 0 Å². The number of hydrogen-bond acceptors (Lipinski definition) is 0. The topological polar surface area (TPSA) is 0 Å². The van der Waals surface area contributed by atoms with Crippen molar-refractivity contribution in [3.8, 4) is 0 Å². The predicted molar refractivity (Wildman–Crippen MR) is 87.4 cm³/mol. The zero-order valence-corrected chi connectivity index (χ0v) is 14.5. The van der Waals surface area contributed by atoms with E-state index >= 15 is 0 Å². The minimum atomic E-state index is 0.575. The van der Waals surface area contributed by atoms with Crippen molar-refractivity contribution in [2.24, 2.45) is 22.7 Å². The van der Waals surface area contributed by atoms with Crippen LogP contribution in [0.25, 0.3) is 0 Å². The van der Waals surface area contributed by atoms with E-state index in [1.54, 1.807) is 0 Å². The van der Waals surface area contributed by atoms with Crippen LogP contribution in [0.1, 0.15) is 99.3 Å². The Morgan fingerprint density at radius 1 is 0.737 bits per heavy atom. The first kappa shape index (κ1) is 17.1. The quantitative estimate of drug-likeness (QED) is 0.451. The summed E-state index contributed by atoms with van der Waals surface area (Å²) in [6.07, 6.45) is 12.8. The van der Waals surface area contributed by atoms with Gasteiger partial charge < -0.3 is 0 Å². The van der Waals surface area contributed by atoms with Crippen molar-refractivity contribution in [1.29, 1.82) is 0 Å². The summed E-state index contributed by atoms with van der Waals surface area (Å²) >= 11 is 0. The minimum absolute atomic E-state index is 0.575. The second-order valence-electron chi connectivity index (χ2n) is 8.39. The van der Waals surface area contributed by atoms with Gasteiger partial charge in [-0.3, -0.25) is 0 Å². The van der Waals surface area contributed by atoms with E-state index in [2.05, 4.69) is 41.5 Å². The van der Waals surface area contributed by atoms with Crippen molar-refractivity contribution in [2.75, 3.05) is 0 Å². The zero-order chi connectivity index (χ0) is 14.5. The highest BCUT2D eigenvalue weighted by Gasteiger charge is 2.40. The smallest absolute Gasteiger partial charge is 0.0326 e. The fraction of sp³-hybridized carbons (Fsp3) is 1.00. The molecular weight excluding hydrogens is 228 g/mol. The van der Waals surface area contributed by atoms with Crippen LogP contribution in [0, 0.1) is 22.7 Å². The van der Waals surface area contributed by atoms with Gasteiger partial charge in [-0.2, -0.15) is 0 Å². The molecule has 1 rings (SSSR count). The molecular formula is C19H38. The Kier molecular flexibility index (Phi) is 6.40. The Hall–Kier alpha value is 0. The van der Waals surface area contributed by atoms with Crippen LogP contribution >= 0.6 is 0 Å². The molecule has 1 aliphatic carbocycles. The minimum Gasteiger partial charge on any atom is -0.0654 e. The molecule has 114 valence electrons. The van der Waals surface area contributed by atoms with E-state index in [1.165, 1.54) is 57.8 Å². The molecule has 0 amide bonds. The summed E-state index contributed by atoms with van der Waals surface area (Å²) in [5.74, 6) is 1.95. The van der Waals surface area contributed by atoms with Crippen LogP contribution in [0.4, 0.5) is 0 Å². The molecule has 2 atom stereocenters. The molecule has 0 aromatic carbocycles. The van der Waals surface area contributed by atoms with Gasteiger partial charge in [-0.1, -0.05) is 67.2 Å². The molecule has 0 aromatic heterocycles. The SMILES string of the molecule is CCCCC(C)(C)C1CCC(C(C)(C)CCCC)C1. The largest absolute Gasteiger partial charge is 0.0654 e. The number of unbranched alkanes of at least 4 members (excludes halogenated alkanes) is 2. The maximum atomic E-state index is 2.52. The van der Waals surface area contributed by atoms with Crippen LogP contribution < -0.4 is 0 Å². The van der Waals surface area contributed by atoms with Crippen molar-refractivity contribution >= 4 is 0 Å². The van der Waals surface area contributed by atoms with Gasteiger partial charge in [0.05, 0.1) is 0 Å². The monoisotopic (exact) mass is 266 g/mol. The van der Waals surface area contributed by atoms with Gasteiger partial charge in [0, 0.05) is 0 Å². The lowest BCUT2D eigenvalue weighted by Gasteiger charge is -2.35. The van der Waals surface area contributed by atoms with Crippen molar-refractivity contribution in [2.45, 2.75) is 99.3 Å². The normalized spacial score (nSPS) is 24.9. The fourth-order valence-electron chi connectivity index (χ4n) is 4.07. The van der Waals surface area contributed by atoms with E-state index in [0.717, 1.165) is 11.8 Å². The second-order valence-corrected chi connectivity index (χ2v) is 8.39. The first-order valence-corrected chi connectivity index (χ1v) is 8.83. The predicted octanol–water partition coefficient (Wildman–Crippen LogP) is 6.84. The first-order valence-electron chi connectivity index (χ1n) is 8.83. The van der Waals surface area contributed by atoms with Gasteiger partial charge in [0.25, 0.3) is 0 Å². The Balaban J connectivity index is 2.52. The molecule has 0 N–H and O–H groups in total. The van der Waals surface area contributed by atoms with Crippen LogP contribution in [0.3, 0.4) is 0 Å². The van der Waals surface area contributed by atoms with E-state index in [0.29, 0.717) is 10.8 Å². The lowest BCUT2D eigenvalue weighted by Crippen LogP contribution is -2.25. The lowest BCUT2D eigenvalue weighted by molar-refractivity contribution is 0.151. The van der Waals surface area contributed by atoms with E-state index in [9.17, 15) is 0 Å². The van der Waals surface area contributed by atoms with Gasteiger partial charge >= 0.3 is 0 Å². The van der Waals surface area contributed by atoms with Crippen LogP contribution in [-0.4, -0.2) is 0 Å². The molecule has 19 heavy (non-hydrogen) atoms. The van der Waals surface area contributed by atoms with Gasteiger partial charge in [-0.25, -0.2) is 0 Å². The summed E-state index contributed by atoms with van der Waals surface area (Å²) in [7, 11) is 0. The van der Waals surface area contributed by atoms with E-state index in [1.807, 2.05) is 0 Å². The third-order valence-corrected chi connectivity index (χ3v) is 5.99. The molecule has 1 fully saturated rings. The van der Waals surface area contributed by atoms with Gasteiger partial charge in [0.1, 0.15) is 0 Å². The summed E-state index contributed by atoms with van der Waals surface area (Å²) < 4.78 is 0. The Morgan fingerprint density at radius 3 is 1.42 bits per heavy atom. The summed E-state index contributed by atoms with van der Waals surface area (Å²) in [6.45, 7) is 14.7. The molecule has 0 nitrogen and oxygen atoms in total. The third kappa shape index (κ3) is 4.80. The van der Waals surface area contributed by atoms with Gasteiger partial charge in [0.2, 0.25) is 0 Å². The molecule has 0 aliphatic heterocycles. The molecule has 1 saturated carbocycles. The Morgan fingerprint density at radius 2 is 1.11 bits per heavy atom. The average Bonchev–Trinajstić information content (AvgIpc) is 2.85. The molecule has 0 aromatic rings. The van der Waals surface area contributed by atoms with Gasteiger partial charge in [0.15, 0.2) is 0 Å². The highest BCUT2D eigenvalue weighted by molar-refractivity contribution is 4.91. The Bertz CT molecular complexity index is 223. The molecule has 0 heteroatoms. The Labute approximate surface area is 122 Å². The highest BCUT2D eigenvalue weighted by Crippen LogP contribution is 2.51. The van der Waals surface area contributed by atoms with Crippen molar-refractivity contribution in [1.82, 2.24) is 0 Å². The second kappa shape index (κ2) is 7.14. The molecule has 0 saturated heterocycles. The van der Waals surface area contributed by atoms with E-state index in [4.69, 9.17) is 0 Å². The maximum Gasteiger partial charge on any atom is -0.0326 e. The highest BCUT2D eigenvalue weighted by atomic mass is 14.5. The molecule has 0 heterocycles. The molecule has 0 bridgehead atoms. The maximum absolute atomic E-state index is 2.52. The third-order valence-electron chi connectivity index (χ3n) is 5.99. The lowest BCUT2D eigenvalue weighted by atomic mass is 9.70. The molecule has 0 spiro atoms. The summed E-state index contributed by atoms with van der Waals surface area (Å²) in [4.78, 5) is 0. The molecule has 1 aliphatic rings. The van der Waals surface area contributed by atoms with Crippen molar-refractivity contribution in [3.63, 3.8) is 0 Å². The van der Waals surface area contributed by atoms with E-state index < -0.39 is 0 Å². The van der Waals surface area contributed by atoms with Gasteiger partial charge in [-0.15, -0.1) is 0 Å². The molecule has 2 unspecified atom stereocenters.